The molecule has 2 amide bonds. The monoisotopic (exact) mass is 326 g/mol. The van der Waals surface area contributed by atoms with E-state index in [4.69, 9.17) is 11.6 Å². The number of hydrogen-bond donors (Lipinski definition) is 0. The number of hydrogen-bond acceptors (Lipinski definition) is 3. The molecule has 0 aromatic heterocycles. The molecule has 1 heterocycles. The van der Waals surface area contributed by atoms with Crippen LogP contribution in [-0.4, -0.2) is 23.0 Å². The maximum Gasteiger partial charge on any atom is 0.254 e. The number of hydrazone groups is 1. The Morgan fingerprint density at radius 3 is 2.35 bits per heavy atom. The second kappa shape index (κ2) is 4.32. The summed E-state index contributed by atoms with van der Waals surface area (Å²) in [6.07, 6.45) is 8.15. The van der Waals surface area contributed by atoms with E-state index in [1.165, 1.54) is 6.21 Å². The smallest absolute Gasteiger partial charge is 0.254 e. The number of nitrogens with zero attached hydrogens (tertiary/aromatic N) is 2. The van der Waals surface area contributed by atoms with E-state index >= 15 is 0 Å². The van der Waals surface area contributed by atoms with Crippen LogP contribution in [0, 0.1) is 29.1 Å². The molecule has 116 valence electrons. The average Bonchev–Trinajstić information content (AvgIpc) is 3.13. The molecule has 1 saturated heterocycles. The van der Waals surface area contributed by atoms with Gasteiger partial charge in [-0.1, -0.05) is 35.9 Å². The molecule has 0 radical (unpaired) electrons. The van der Waals surface area contributed by atoms with Crippen LogP contribution in [0.5, 0.6) is 0 Å². The normalized spacial score (nSPS) is 35.8. The zero-order chi connectivity index (χ0) is 15.8. The maximum atomic E-state index is 12.7. The molecule has 0 N–H and O–H groups in total. The van der Waals surface area contributed by atoms with Crippen LogP contribution in [0.25, 0.3) is 0 Å². The zero-order valence-electron chi connectivity index (χ0n) is 12.4. The van der Waals surface area contributed by atoms with Crippen molar-refractivity contribution in [3.05, 3.63) is 47.0 Å². The van der Waals surface area contributed by atoms with E-state index in [0.29, 0.717) is 5.02 Å². The Morgan fingerprint density at radius 2 is 1.78 bits per heavy atom. The number of rotatable bonds is 2. The standard InChI is InChI=1S/C18H15ClN2O2/c19-11-3-1-2-10(8-11)9-20-21-16(22)14-12-4-5-13(15(14)17(21)23)18(12)6-7-18/h1-5,8-9,12-15H,6-7H2/b20-9-/t12-,13-,14+,15+/m1/s1. The molecular formula is C18H15ClN2O2. The fourth-order valence-electron chi connectivity index (χ4n) is 4.89. The van der Waals surface area contributed by atoms with Crippen LogP contribution in [0.4, 0.5) is 0 Å². The van der Waals surface area contributed by atoms with Crippen LogP contribution in [0.3, 0.4) is 0 Å². The van der Waals surface area contributed by atoms with Crippen molar-refractivity contribution in [2.75, 3.05) is 0 Å². The molecule has 5 heteroatoms. The van der Waals surface area contributed by atoms with Gasteiger partial charge in [-0.3, -0.25) is 9.59 Å². The van der Waals surface area contributed by atoms with Crippen LogP contribution < -0.4 is 0 Å². The summed E-state index contributed by atoms with van der Waals surface area (Å²) in [4.78, 5) is 25.4. The first kappa shape index (κ1) is 13.5. The minimum atomic E-state index is -0.198. The quantitative estimate of drug-likeness (QED) is 0.476. The SMILES string of the molecule is O=C1[C@@H]2[C@@H](C(=O)N1/N=C\c1cccc(Cl)c1)[C@H]1C=C[C@H]2C12CC2. The first-order valence-corrected chi connectivity index (χ1v) is 8.35. The zero-order valence-corrected chi connectivity index (χ0v) is 13.1. The predicted octanol–water partition coefficient (Wildman–Crippen LogP) is 2.87. The third-order valence-corrected chi connectivity index (χ3v) is 6.24. The molecule has 2 saturated carbocycles. The molecule has 3 aliphatic carbocycles. The van der Waals surface area contributed by atoms with Gasteiger partial charge in [0.2, 0.25) is 0 Å². The molecule has 1 aromatic carbocycles. The van der Waals surface area contributed by atoms with E-state index in [1.807, 2.05) is 12.1 Å². The predicted molar refractivity (Wildman–Crippen MR) is 85.7 cm³/mol. The number of allylic oxidation sites excluding steroid dienone is 2. The molecule has 1 aromatic rings. The lowest BCUT2D eigenvalue weighted by Crippen LogP contribution is -2.30. The molecule has 1 spiro atoms. The van der Waals surface area contributed by atoms with Crippen LogP contribution >= 0.6 is 11.6 Å². The Morgan fingerprint density at radius 1 is 1.13 bits per heavy atom. The number of benzene rings is 1. The van der Waals surface area contributed by atoms with Gasteiger partial charge in [-0.05, 0) is 47.8 Å². The van der Waals surface area contributed by atoms with E-state index < -0.39 is 0 Å². The van der Waals surface area contributed by atoms with Crippen LogP contribution in [0.15, 0.2) is 41.5 Å². The highest BCUT2D eigenvalue weighted by molar-refractivity contribution is 6.30. The van der Waals surface area contributed by atoms with Gasteiger partial charge < -0.3 is 0 Å². The Hall–Kier alpha value is -1.94. The number of halogens is 1. The molecule has 2 bridgehead atoms. The summed E-state index contributed by atoms with van der Waals surface area (Å²) in [7, 11) is 0. The van der Waals surface area contributed by atoms with Crippen molar-refractivity contribution in [1.29, 1.82) is 0 Å². The number of fused-ring (bicyclic) bond motifs is 3. The van der Waals surface area contributed by atoms with Gasteiger partial charge >= 0.3 is 0 Å². The highest BCUT2D eigenvalue weighted by atomic mass is 35.5. The minimum Gasteiger partial charge on any atom is -0.272 e. The highest BCUT2D eigenvalue weighted by Gasteiger charge is 2.73. The van der Waals surface area contributed by atoms with Crippen molar-refractivity contribution in [1.82, 2.24) is 5.01 Å². The largest absolute Gasteiger partial charge is 0.272 e. The Bertz CT molecular complexity index is 762. The molecule has 4 aliphatic rings. The van der Waals surface area contributed by atoms with E-state index in [9.17, 15) is 9.59 Å². The summed E-state index contributed by atoms with van der Waals surface area (Å²) in [5.74, 6) is -0.198. The van der Waals surface area contributed by atoms with Crippen molar-refractivity contribution in [3.8, 4) is 0 Å². The average molecular weight is 327 g/mol. The number of amides is 2. The van der Waals surface area contributed by atoms with Gasteiger partial charge in [0.25, 0.3) is 11.8 Å². The molecule has 4 nitrogen and oxygen atoms in total. The van der Waals surface area contributed by atoms with Crippen molar-refractivity contribution in [2.24, 2.45) is 34.2 Å². The molecular weight excluding hydrogens is 312 g/mol. The number of carbonyl (C=O) groups is 2. The summed E-state index contributed by atoms with van der Waals surface area (Å²) in [5.41, 5.74) is 0.999. The lowest BCUT2D eigenvalue weighted by molar-refractivity contribution is -0.141. The Balaban J connectivity index is 1.44. The Kier molecular flexibility index (Phi) is 2.54. The van der Waals surface area contributed by atoms with Crippen molar-refractivity contribution < 1.29 is 9.59 Å². The van der Waals surface area contributed by atoms with Crippen LogP contribution in [-0.2, 0) is 9.59 Å². The second-order valence-corrected chi connectivity index (χ2v) is 7.45. The van der Waals surface area contributed by atoms with Gasteiger partial charge in [0.1, 0.15) is 0 Å². The van der Waals surface area contributed by atoms with E-state index in [0.717, 1.165) is 23.4 Å². The van der Waals surface area contributed by atoms with Gasteiger partial charge in [-0.25, -0.2) is 0 Å². The fraction of sp³-hybridized carbons (Fsp3) is 0.389. The summed E-state index contributed by atoms with van der Waals surface area (Å²) >= 11 is 5.94. The van der Waals surface area contributed by atoms with Gasteiger partial charge in [-0.2, -0.15) is 10.1 Å². The number of imide groups is 1. The molecule has 4 atom stereocenters. The van der Waals surface area contributed by atoms with Crippen molar-refractivity contribution in [3.63, 3.8) is 0 Å². The van der Waals surface area contributed by atoms with Crippen molar-refractivity contribution >= 4 is 29.6 Å². The summed E-state index contributed by atoms with van der Waals surface area (Å²) in [6.45, 7) is 0. The highest BCUT2D eigenvalue weighted by Crippen LogP contribution is 2.73. The maximum absolute atomic E-state index is 12.7. The van der Waals surface area contributed by atoms with E-state index in [2.05, 4.69) is 17.3 Å². The van der Waals surface area contributed by atoms with Crippen LogP contribution in [0.1, 0.15) is 18.4 Å². The molecule has 23 heavy (non-hydrogen) atoms. The van der Waals surface area contributed by atoms with Gasteiger partial charge in [-0.15, -0.1) is 0 Å². The summed E-state index contributed by atoms with van der Waals surface area (Å²) in [6, 6.07) is 7.17. The van der Waals surface area contributed by atoms with Crippen molar-refractivity contribution in [2.45, 2.75) is 12.8 Å². The van der Waals surface area contributed by atoms with E-state index in [1.54, 1.807) is 12.1 Å². The lowest BCUT2D eigenvalue weighted by Gasteiger charge is -2.18. The van der Waals surface area contributed by atoms with E-state index in [-0.39, 0.29) is 40.9 Å². The van der Waals surface area contributed by atoms with Gasteiger partial charge in [0.15, 0.2) is 0 Å². The minimum absolute atomic E-state index is 0.138. The molecule has 3 fully saturated rings. The van der Waals surface area contributed by atoms with Crippen LogP contribution in [0.2, 0.25) is 5.02 Å². The first-order valence-electron chi connectivity index (χ1n) is 7.97. The number of carbonyl (C=O) groups excluding carboxylic acids is 2. The topological polar surface area (TPSA) is 49.7 Å². The van der Waals surface area contributed by atoms with Gasteiger partial charge in [0, 0.05) is 5.02 Å². The molecule has 1 aliphatic heterocycles. The lowest BCUT2D eigenvalue weighted by atomic mass is 9.85. The summed E-state index contributed by atoms with van der Waals surface area (Å²) < 4.78 is 0. The summed E-state index contributed by atoms with van der Waals surface area (Å²) in [5, 5.41) is 5.85. The second-order valence-electron chi connectivity index (χ2n) is 7.01. The third kappa shape index (κ3) is 1.65. The molecule has 5 rings (SSSR count). The first-order chi connectivity index (χ1) is 11.1. The third-order valence-electron chi connectivity index (χ3n) is 6.00. The van der Waals surface area contributed by atoms with Gasteiger partial charge in [0.05, 0.1) is 18.1 Å². The molecule has 0 unspecified atom stereocenters. The fourth-order valence-corrected chi connectivity index (χ4v) is 5.09. The Labute approximate surface area is 138 Å².